The maximum atomic E-state index is 14.8. The molecule has 1 saturated heterocycles. The molecule has 2 heterocycles. The fourth-order valence-corrected chi connectivity index (χ4v) is 4.55. The molecule has 0 unspecified atom stereocenters. The van der Waals surface area contributed by atoms with Crippen molar-refractivity contribution in [1.29, 1.82) is 0 Å². The summed E-state index contributed by atoms with van der Waals surface area (Å²) in [6.07, 6.45) is -1.82. The maximum absolute atomic E-state index is 14.8. The Labute approximate surface area is 179 Å². The van der Waals surface area contributed by atoms with E-state index in [1.807, 2.05) is 0 Å². The van der Waals surface area contributed by atoms with E-state index in [9.17, 15) is 24.8 Å². The number of fused-ring (bicyclic) bond motifs is 1. The van der Waals surface area contributed by atoms with E-state index in [0.29, 0.717) is 23.2 Å². The van der Waals surface area contributed by atoms with Crippen LogP contribution in [-0.2, 0) is 11.2 Å². The molecule has 1 saturated carbocycles. The summed E-state index contributed by atoms with van der Waals surface area (Å²) in [5, 5.41) is 40.8. The van der Waals surface area contributed by atoms with Crippen LogP contribution in [0.5, 0.6) is 0 Å². The Hall–Kier alpha value is -2.29. The lowest BCUT2D eigenvalue weighted by atomic mass is 9.98. The highest BCUT2D eigenvalue weighted by Crippen LogP contribution is 2.40. The van der Waals surface area contributed by atoms with E-state index in [0.717, 1.165) is 11.1 Å². The molecule has 164 valence electrons. The minimum atomic E-state index is -1.50. The minimum absolute atomic E-state index is 0.384. The van der Waals surface area contributed by atoms with Gasteiger partial charge in [0.15, 0.2) is 6.23 Å². The SMILES string of the molecule is OC[C@H]1O[C@@H](n2cc(Cc3ccc(C4CC4)cc3)c3c(F)cccc32)[C@H](O)[C@@H](O)[C@@H]1O. The lowest BCUT2D eigenvalue weighted by molar-refractivity contribution is -0.250. The molecule has 0 spiro atoms. The van der Waals surface area contributed by atoms with Crippen molar-refractivity contribution in [2.45, 2.75) is 55.8 Å². The molecule has 2 aliphatic rings. The number of hydrogen-bond acceptors (Lipinski definition) is 5. The fourth-order valence-electron chi connectivity index (χ4n) is 4.55. The van der Waals surface area contributed by atoms with E-state index in [1.165, 1.54) is 24.5 Å². The van der Waals surface area contributed by atoms with Crippen LogP contribution < -0.4 is 0 Å². The number of ether oxygens (including phenoxy) is 1. The number of benzene rings is 2. The summed E-state index contributed by atoms with van der Waals surface area (Å²) in [5.41, 5.74) is 3.61. The van der Waals surface area contributed by atoms with E-state index in [-0.39, 0.29) is 5.82 Å². The molecule has 0 amide bonds. The van der Waals surface area contributed by atoms with Crippen LogP contribution in [0.25, 0.3) is 10.9 Å². The standard InChI is InChI=1S/C24H26FNO5/c25-17-2-1-3-18-20(17)16(10-13-4-6-14(7-5-13)15-8-9-15)11-26(18)24-23(30)22(29)21(28)19(12-27)31-24/h1-7,11,15,19,21-24,27-30H,8-10,12H2/t19-,21-,22+,23-,24-/m1/s1. The summed E-state index contributed by atoms with van der Waals surface area (Å²) in [6, 6.07) is 13.1. The molecule has 1 aliphatic heterocycles. The Morgan fingerprint density at radius 2 is 1.71 bits per heavy atom. The van der Waals surface area contributed by atoms with Crippen LogP contribution in [-0.4, -0.2) is 56.0 Å². The lowest BCUT2D eigenvalue weighted by Gasteiger charge is -2.40. The highest BCUT2D eigenvalue weighted by molar-refractivity contribution is 5.85. The molecule has 5 rings (SSSR count). The molecule has 4 N–H and O–H groups in total. The van der Waals surface area contributed by atoms with Gasteiger partial charge >= 0.3 is 0 Å². The van der Waals surface area contributed by atoms with E-state index < -0.39 is 37.3 Å². The minimum Gasteiger partial charge on any atom is -0.394 e. The first-order valence-electron chi connectivity index (χ1n) is 10.6. The second-order valence-corrected chi connectivity index (χ2v) is 8.61. The lowest BCUT2D eigenvalue weighted by Crippen LogP contribution is -2.56. The number of aliphatic hydroxyl groups excluding tert-OH is 4. The molecule has 3 aromatic rings. The van der Waals surface area contributed by atoms with Gasteiger partial charge in [-0.15, -0.1) is 0 Å². The predicted octanol–water partition coefficient (Wildman–Crippen LogP) is 2.22. The molecule has 0 bridgehead atoms. The second-order valence-electron chi connectivity index (χ2n) is 8.61. The Balaban J connectivity index is 1.53. The quantitative estimate of drug-likeness (QED) is 0.501. The van der Waals surface area contributed by atoms with Gasteiger partial charge in [0.25, 0.3) is 0 Å². The Morgan fingerprint density at radius 3 is 2.39 bits per heavy atom. The number of aliphatic hydroxyl groups is 4. The molecular weight excluding hydrogens is 401 g/mol. The summed E-state index contributed by atoms with van der Waals surface area (Å²) in [7, 11) is 0. The summed E-state index contributed by atoms with van der Waals surface area (Å²) >= 11 is 0. The Morgan fingerprint density at radius 1 is 0.968 bits per heavy atom. The smallest absolute Gasteiger partial charge is 0.163 e. The van der Waals surface area contributed by atoms with Crippen LogP contribution >= 0.6 is 0 Å². The van der Waals surface area contributed by atoms with Gasteiger partial charge in [0.05, 0.1) is 12.1 Å². The normalized spacial score (nSPS) is 28.9. The van der Waals surface area contributed by atoms with E-state index in [1.54, 1.807) is 22.9 Å². The third kappa shape index (κ3) is 3.66. The van der Waals surface area contributed by atoms with Crippen LogP contribution in [0, 0.1) is 5.82 Å². The highest BCUT2D eigenvalue weighted by Gasteiger charge is 2.44. The van der Waals surface area contributed by atoms with Gasteiger partial charge in [-0.3, -0.25) is 0 Å². The molecule has 2 aromatic carbocycles. The van der Waals surface area contributed by atoms with Gasteiger partial charge in [-0.25, -0.2) is 4.39 Å². The first-order chi connectivity index (χ1) is 15.0. The van der Waals surface area contributed by atoms with Crippen LogP contribution in [0.15, 0.2) is 48.7 Å². The molecule has 7 heteroatoms. The van der Waals surface area contributed by atoms with E-state index >= 15 is 0 Å². The van der Waals surface area contributed by atoms with Crippen molar-refractivity contribution in [2.24, 2.45) is 0 Å². The van der Waals surface area contributed by atoms with Gasteiger partial charge < -0.3 is 29.7 Å². The fraction of sp³-hybridized carbons (Fsp3) is 0.417. The van der Waals surface area contributed by atoms with Crippen LogP contribution in [0.3, 0.4) is 0 Å². The zero-order valence-corrected chi connectivity index (χ0v) is 16.9. The van der Waals surface area contributed by atoms with Crippen molar-refractivity contribution in [1.82, 2.24) is 4.57 Å². The van der Waals surface area contributed by atoms with Crippen LogP contribution in [0.4, 0.5) is 4.39 Å². The predicted molar refractivity (Wildman–Crippen MR) is 112 cm³/mol. The molecule has 31 heavy (non-hydrogen) atoms. The summed E-state index contributed by atoms with van der Waals surface area (Å²) in [4.78, 5) is 0. The Kier molecular flexibility index (Phi) is 5.32. The zero-order valence-electron chi connectivity index (χ0n) is 16.9. The van der Waals surface area contributed by atoms with Gasteiger partial charge in [0, 0.05) is 11.6 Å². The largest absolute Gasteiger partial charge is 0.394 e. The van der Waals surface area contributed by atoms with Crippen molar-refractivity contribution in [3.05, 3.63) is 71.2 Å². The average Bonchev–Trinajstić information content (AvgIpc) is 3.56. The van der Waals surface area contributed by atoms with Gasteiger partial charge in [-0.2, -0.15) is 0 Å². The molecule has 0 radical (unpaired) electrons. The summed E-state index contributed by atoms with van der Waals surface area (Å²) in [6.45, 7) is -0.519. The van der Waals surface area contributed by atoms with Crippen molar-refractivity contribution >= 4 is 10.9 Å². The van der Waals surface area contributed by atoms with Crippen molar-refractivity contribution in [3.8, 4) is 0 Å². The zero-order chi connectivity index (χ0) is 21.7. The van der Waals surface area contributed by atoms with E-state index in [2.05, 4.69) is 24.3 Å². The van der Waals surface area contributed by atoms with Gasteiger partial charge in [0.2, 0.25) is 0 Å². The highest BCUT2D eigenvalue weighted by atomic mass is 19.1. The molecule has 2 fully saturated rings. The van der Waals surface area contributed by atoms with Gasteiger partial charge in [-0.05, 0) is 54.0 Å². The summed E-state index contributed by atoms with van der Waals surface area (Å²) < 4.78 is 22.1. The van der Waals surface area contributed by atoms with Crippen LogP contribution in [0.2, 0.25) is 0 Å². The molecule has 1 aliphatic carbocycles. The Bertz CT molecular complexity index is 1080. The van der Waals surface area contributed by atoms with Gasteiger partial charge in [-0.1, -0.05) is 30.3 Å². The first kappa shape index (κ1) is 20.6. The maximum Gasteiger partial charge on any atom is 0.163 e. The number of halogens is 1. The monoisotopic (exact) mass is 427 g/mol. The molecule has 6 nitrogen and oxygen atoms in total. The first-order valence-corrected chi connectivity index (χ1v) is 10.6. The molecular formula is C24H26FNO5. The van der Waals surface area contributed by atoms with Crippen molar-refractivity contribution in [3.63, 3.8) is 0 Å². The number of aromatic nitrogens is 1. The average molecular weight is 427 g/mol. The third-order valence-electron chi connectivity index (χ3n) is 6.45. The molecule has 1 aromatic heterocycles. The van der Waals surface area contributed by atoms with Gasteiger partial charge in [0.1, 0.15) is 30.2 Å². The van der Waals surface area contributed by atoms with E-state index in [4.69, 9.17) is 4.74 Å². The number of hydrogen-bond donors (Lipinski definition) is 4. The van der Waals surface area contributed by atoms with Crippen molar-refractivity contribution < 1.29 is 29.6 Å². The summed E-state index contributed by atoms with van der Waals surface area (Å²) in [5.74, 6) is 0.282. The third-order valence-corrected chi connectivity index (χ3v) is 6.45. The molecule has 5 atom stereocenters. The second kappa shape index (κ2) is 8.00. The topological polar surface area (TPSA) is 95.1 Å². The van der Waals surface area contributed by atoms with Crippen molar-refractivity contribution in [2.75, 3.05) is 6.61 Å². The van der Waals surface area contributed by atoms with Crippen LogP contribution in [0.1, 0.15) is 41.7 Å². The number of nitrogens with zero attached hydrogens (tertiary/aromatic N) is 1. The number of rotatable bonds is 5.